The third-order valence-electron chi connectivity index (χ3n) is 4.76. The zero-order chi connectivity index (χ0) is 20.5. The van der Waals surface area contributed by atoms with Crippen LogP contribution in [0.3, 0.4) is 0 Å². The fraction of sp³-hybridized carbons (Fsp3) is 0.429. The summed E-state index contributed by atoms with van der Waals surface area (Å²) >= 11 is 1.37. The fourth-order valence-electron chi connectivity index (χ4n) is 3.25. The van der Waals surface area contributed by atoms with Crippen molar-refractivity contribution < 1.29 is 4.79 Å². The summed E-state index contributed by atoms with van der Waals surface area (Å²) in [7, 11) is 1.84. The number of nitrogens with one attached hydrogen (secondary N) is 2. The number of amidine groups is 1. The second-order valence-corrected chi connectivity index (χ2v) is 7.90. The number of anilines is 2. The highest BCUT2D eigenvalue weighted by molar-refractivity contribution is 7.19. The second-order valence-electron chi connectivity index (χ2n) is 6.92. The van der Waals surface area contributed by atoms with Gasteiger partial charge >= 0.3 is 0 Å². The van der Waals surface area contributed by atoms with Crippen LogP contribution in [0.15, 0.2) is 47.5 Å². The quantitative estimate of drug-likeness (QED) is 0.536. The van der Waals surface area contributed by atoms with Crippen LogP contribution in [0.5, 0.6) is 0 Å². The maximum Gasteiger partial charge on any atom is 0.230 e. The summed E-state index contributed by atoms with van der Waals surface area (Å²) in [4.78, 5) is 18.9. The first kappa shape index (κ1) is 21.0. The molecule has 2 N–H and O–H groups in total. The Kier molecular flexibility index (Phi) is 7.75. The van der Waals surface area contributed by atoms with Gasteiger partial charge in [-0.2, -0.15) is 0 Å². The number of piperidine rings is 1. The van der Waals surface area contributed by atoms with Crippen LogP contribution < -0.4 is 10.6 Å². The molecule has 1 fully saturated rings. The first-order valence-electron chi connectivity index (χ1n) is 10.00. The molecule has 154 valence electrons. The molecule has 0 unspecified atom stereocenters. The summed E-state index contributed by atoms with van der Waals surface area (Å²) < 4.78 is 0. The summed E-state index contributed by atoms with van der Waals surface area (Å²) in [5.41, 5.74) is 0.975. The van der Waals surface area contributed by atoms with E-state index in [1.54, 1.807) is 0 Å². The van der Waals surface area contributed by atoms with E-state index >= 15 is 0 Å². The number of carbonyl (C=O) groups is 1. The van der Waals surface area contributed by atoms with Crippen LogP contribution in [-0.2, 0) is 11.2 Å². The van der Waals surface area contributed by atoms with Crippen LogP contribution in [-0.4, -0.2) is 53.0 Å². The predicted molar refractivity (Wildman–Crippen MR) is 120 cm³/mol. The molecule has 2 heterocycles. The summed E-state index contributed by atoms with van der Waals surface area (Å²) in [6.07, 6.45) is 7.60. The number of nitrogens with zero attached hydrogens (tertiary/aromatic N) is 4. The Labute approximate surface area is 176 Å². The van der Waals surface area contributed by atoms with Gasteiger partial charge in [0.05, 0.1) is 6.42 Å². The Morgan fingerprint density at radius 2 is 1.97 bits per heavy atom. The molecular weight excluding hydrogens is 384 g/mol. The van der Waals surface area contributed by atoms with Gasteiger partial charge in [0.25, 0.3) is 0 Å². The Bertz CT molecular complexity index is 840. The van der Waals surface area contributed by atoms with Crippen molar-refractivity contribution in [3.8, 4) is 0 Å². The topological polar surface area (TPSA) is 82.5 Å². The van der Waals surface area contributed by atoms with Crippen molar-refractivity contribution in [2.75, 3.05) is 30.8 Å². The number of hydrogen-bond acceptors (Lipinski definition) is 6. The lowest BCUT2D eigenvalue weighted by Crippen LogP contribution is -2.41. The number of allylic oxidation sites excluding steroid dienone is 1. The summed E-state index contributed by atoms with van der Waals surface area (Å²) in [6, 6.07) is 10.0. The SMILES string of the molecule is CC/C=C\C(=NC)N1CCC(Nc2nnc(NC(=O)Cc3ccccc3)s2)CC1. The van der Waals surface area contributed by atoms with E-state index in [0.717, 1.165) is 48.9 Å². The molecule has 1 saturated heterocycles. The number of benzene rings is 1. The van der Waals surface area contributed by atoms with Gasteiger partial charge in [-0.1, -0.05) is 54.7 Å². The number of aliphatic imine (C=N–C) groups is 1. The molecule has 0 aliphatic carbocycles. The summed E-state index contributed by atoms with van der Waals surface area (Å²) in [6.45, 7) is 4.04. The average Bonchev–Trinajstić information content (AvgIpc) is 3.17. The Morgan fingerprint density at radius 1 is 1.24 bits per heavy atom. The molecule has 1 aromatic heterocycles. The number of rotatable bonds is 7. The van der Waals surface area contributed by atoms with Gasteiger partial charge < -0.3 is 15.5 Å². The number of likely N-dealkylation sites (tertiary alicyclic amines) is 1. The van der Waals surface area contributed by atoms with Gasteiger partial charge in [0, 0.05) is 26.2 Å². The zero-order valence-corrected chi connectivity index (χ0v) is 17.8. The Hall–Kier alpha value is -2.74. The lowest BCUT2D eigenvalue weighted by atomic mass is 10.1. The van der Waals surface area contributed by atoms with Gasteiger partial charge in [-0.25, -0.2) is 0 Å². The van der Waals surface area contributed by atoms with Gasteiger partial charge in [-0.15, -0.1) is 10.2 Å². The molecule has 8 heteroatoms. The zero-order valence-electron chi connectivity index (χ0n) is 17.0. The van der Waals surface area contributed by atoms with Crippen LogP contribution in [0, 0.1) is 0 Å². The highest BCUT2D eigenvalue weighted by Crippen LogP contribution is 2.23. The Morgan fingerprint density at radius 3 is 2.66 bits per heavy atom. The number of amides is 1. The van der Waals surface area contributed by atoms with Crippen LogP contribution >= 0.6 is 11.3 Å². The number of carbonyl (C=O) groups excluding carboxylic acids is 1. The maximum absolute atomic E-state index is 12.2. The largest absolute Gasteiger partial charge is 0.357 e. The van der Waals surface area contributed by atoms with Crippen LogP contribution in [0.4, 0.5) is 10.3 Å². The number of hydrogen-bond donors (Lipinski definition) is 2. The van der Waals surface area contributed by atoms with Crippen molar-refractivity contribution in [3.63, 3.8) is 0 Å². The van der Waals surface area contributed by atoms with E-state index in [9.17, 15) is 4.79 Å². The third kappa shape index (κ3) is 6.39. The van der Waals surface area contributed by atoms with E-state index in [1.165, 1.54) is 11.3 Å². The van der Waals surface area contributed by atoms with Gasteiger partial charge in [0.2, 0.25) is 16.2 Å². The van der Waals surface area contributed by atoms with E-state index in [0.29, 0.717) is 17.6 Å². The van der Waals surface area contributed by atoms with E-state index in [2.05, 4.69) is 49.8 Å². The molecule has 3 rings (SSSR count). The summed E-state index contributed by atoms with van der Waals surface area (Å²) in [5, 5.41) is 15.8. The van der Waals surface area contributed by atoms with Crippen molar-refractivity contribution in [2.24, 2.45) is 4.99 Å². The molecule has 1 aliphatic heterocycles. The van der Waals surface area contributed by atoms with E-state index in [-0.39, 0.29) is 5.91 Å². The van der Waals surface area contributed by atoms with E-state index < -0.39 is 0 Å². The molecule has 0 saturated carbocycles. The highest BCUT2D eigenvalue weighted by Gasteiger charge is 2.21. The normalized spacial score (nSPS) is 15.7. The highest BCUT2D eigenvalue weighted by atomic mass is 32.1. The minimum Gasteiger partial charge on any atom is -0.357 e. The van der Waals surface area contributed by atoms with Crippen molar-refractivity contribution in [3.05, 3.63) is 48.0 Å². The summed E-state index contributed by atoms with van der Waals surface area (Å²) in [5.74, 6) is 0.961. The molecule has 0 spiro atoms. The first-order valence-corrected chi connectivity index (χ1v) is 10.8. The average molecular weight is 413 g/mol. The van der Waals surface area contributed by atoms with Crippen LogP contribution in [0.25, 0.3) is 0 Å². The van der Waals surface area contributed by atoms with Crippen LogP contribution in [0.1, 0.15) is 31.7 Å². The van der Waals surface area contributed by atoms with Gasteiger partial charge in [0.15, 0.2) is 0 Å². The lowest BCUT2D eigenvalue weighted by Gasteiger charge is -2.33. The molecule has 29 heavy (non-hydrogen) atoms. The van der Waals surface area contributed by atoms with E-state index in [4.69, 9.17) is 0 Å². The number of aromatic nitrogens is 2. The maximum atomic E-state index is 12.2. The molecule has 1 aromatic carbocycles. The molecule has 2 aromatic rings. The molecule has 0 radical (unpaired) electrons. The third-order valence-corrected chi connectivity index (χ3v) is 5.53. The minimum absolute atomic E-state index is 0.0845. The minimum atomic E-state index is -0.0845. The van der Waals surface area contributed by atoms with E-state index in [1.807, 2.05) is 37.4 Å². The molecule has 0 atom stereocenters. The second kappa shape index (κ2) is 10.7. The van der Waals surface area contributed by atoms with Crippen molar-refractivity contribution >= 4 is 33.3 Å². The monoisotopic (exact) mass is 412 g/mol. The van der Waals surface area contributed by atoms with Gasteiger partial charge in [-0.05, 0) is 30.9 Å². The van der Waals surface area contributed by atoms with Gasteiger partial charge in [-0.3, -0.25) is 9.79 Å². The fourth-order valence-corrected chi connectivity index (χ4v) is 3.99. The predicted octanol–water partition coefficient (Wildman–Crippen LogP) is 3.59. The van der Waals surface area contributed by atoms with Crippen molar-refractivity contribution in [1.29, 1.82) is 0 Å². The van der Waals surface area contributed by atoms with Crippen LogP contribution in [0.2, 0.25) is 0 Å². The molecule has 1 amide bonds. The van der Waals surface area contributed by atoms with Gasteiger partial charge in [0.1, 0.15) is 5.84 Å². The molecule has 7 nitrogen and oxygen atoms in total. The smallest absolute Gasteiger partial charge is 0.230 e. The Balaban J connectivity index is 1.46. The molecule has 0 bridgehead atoms. The van der Waals surface area contributed by atoms with Crippen molar-refractivity contribution in [2.45, 2.75) is 38.6 Å². The van der Waals surface area contributed by atoms with Crippen molar-refractivity contribution in [1.82, 2.24) is 15.1 Å². The standard InChI is InChI=1S/C21H28N6OS/c1-3-4-10-18(22-2)27-13-11-17(12-14-27)23-20-25-26-21(29-20)24-19(28)15-16-8-6-5-7-9-16/h4-10,17H,3,11-15H2,1-2H3,(H,23,25)(H,24,26,28)/b10-4-,22-18?. The first-order chi connectivity index (χ1) is 14.2. The lowest BCUT2D eigenvalue weighted by molar-refractivity contribution is -0.115. The molecule has 1 aliphatic rings. The molecular formula is C21H28N6OS.